The van der Waals surface area contributed by atoms with Gasteiger partial charge >= 0.3 is 0 Å². The molecule has 4 aromatic rings. The Hall–Kier alpha value is -4.27. The fourth-order valence-corrected chi connectivity index (χ4v) is 4.97. The Morgan fingerprint density at radius 1 is 1.19 bits per heavy atom. The van der Waals surface area contributed by atoms with Crippen LogP contribution in [0.1, 0.15) is 61.0 Å². The molecule has 0 spiro atoms. The number of hydrogen-bond donors (Lipinski definition) is 1. The minimum absolute atomic E-state index is 0.0448. The first kappa shape index (κ1) is 24.4. The zero-order valence-electron chi connectivity index (χ0n) is 21.1. The number of rotatable bonds is 9. The van der Waals surface area contributed by atoms with E-state index in [4.69, 9.17) is 4.84 Å². The van der Waals surface area contributed by atoms with Gasteiger partial charge in [-0.3, -0.25) is 14.2 Å². The Kier molecular flexibility index (Phi) is 7.11. The third kappa shape index (κ3) is 4.64. The smallest absolute Gasteiger partial charge is 0.259 e. The molecule has 1 amide bonds. The fourth-order valence-electron chi connectivity index (χ4n) is 4.97. The number of benzene rings is 2. The molecule has 37 heavy (non-hydrogen) atoms. The number of nitrogens with one attached hydrogen (secondary N) is 1. The van der Waals surface area contributed by atoms with Gasteiger partial charge in [0.15, 0.2) is 5.84 Å². The minimum atomic E-state index is 0.0448. The number of hydrogen-bond acceptors (Lipinski definition) is 6. The quantitative estimate of drug-likeness (QED) is 0.163. The number of fused-ring (bicyclic) bond motifs is 1. The lowest BCUT2D eigenvalue weighted by atomic mass is 9.92. The molecule has 9 nitrogen and oxygen atoms in total. The molecule has 1 aliphatic carbocycles. The second kappa shape index (κ2) is 10.8. The Bertz CT molecular complexity index is 1500. The molecule has 1 N–H and O–H groups in total. The van der Waals surface area contributed by atoms with Crippen molar-refractivity contribution < 1.29 is 9.63 Å². The molecule has 1 fully saturated rings. The van der Waals surface area contributed by atoms with E-state index in [2.05, 4.69) is 27.5 Å². The van der Waals surface area contributed by atoms with Crippen molar-refractivity contribution in [3.8, 4) is 11.1 Å². The summed E-state index contributed by atoms with van der Waals surface area (Å²) in [6.45, 7) is 2.11. The number of amides is 1. The summed E-state index contributed by atoms with van der Waals surface area (Å²) in [5.41, 5.74) is 5.41. The van der Waals surface area contributed by atoms with Gasteiger partial charge in [0.1, 0.15) is 13.4 Å². The zero-order valence-corrected chi connectivity index (χ0v) is 21.1. The lowest BCUT2D eigenvalue weighted by Crippen LogP contribution is -2.34. The van der Waals surface area contributed by atoms with Crippen LogP contribution in [-0.4, -0.2) is 38.5 Å². The van der Waals surface area contributed by atoms with Crippen molar-refractivity contribution in [2.75, 3.05) is 7.11 Å². The van der Waals surface area contributed by atoms with Crippen LogP contribution in [0, 0.1) is 0 Å². The molecule has 5 rings (SSSR count). The van der Waals surface area contributed by atoms with E-state index in [9.17, 15) is 9.59 Å². The number of carbonyl (C=O) groups excluding carboxylic acids is 1. The SMILES string of the molecule is CCCc1c(Cc2ccc(-c3ccccc3/C(=N/OC)NC=O)cc2)c(=O)n(C2CCC2)c2ncnn12. The second-order valence-corrected chi connectivity index (χ2v) is 9.21. The van der Waals surface area contributed by atoms with Crippen molar-refractivity contribution in [3.05, 3.63) is 87.6 Å². The molecule has 2 heterocycles. The predicted octanol–water partition coefficient (Wildman–Crippen LogP) is 3.88. The van der Waals surface area contributed by atoms with Crippen molar-refractivity contribution in [1.29, 1.82) is 0 Å². The topological polar surface area (TPSA) is 103 Å². The van der Waals surface area contributed by atoms with Crippen LogP contribution in [0.3, 0.4) is 0 Å². The molecule has 9 heteroatoms. The molecule has 2 aromatic carbocycles. The lowest BCUT2D eigenvalue weighted by molar-refractivity contribution is -0.108. The highest BCUT2D eigenvalue weighted by molar-refractivity contribution is 6.08. The first-order chi connectivity index (χ1) is 18.2. The van der Waals surface area contributed by atoms with Gasteiger partial charge < -0.3 is 10.2 Å². The number of oxime groups is 1. The van der Waals surface area contributed by atoms with Crippen LogP contribution in [0.15, 0.2) is 64.8 Å². The van der Waals surface area contributed by atoms with Gasteiger partial charge in [-0.25, -0.2) is 4.52 Å². The van der Waals surface area contributed by atoms with Crippen LogP contribution < -0.4 is 10.9 Å². The van der Waals surface area contributed by atoms with E-state index in [0.717, 1.165) is 65.6 Å². The molecule has 0 atom stereocenters. The largest absolute Gasteiger partial charge is 0.397 e. The van der Waals surface area contributed by atoms with E-state index in [1.54, 1.807) is 6.33 Å². The second-order valence-electron chi connectivity index (χ2n) is 9.21. The summed E-state index contributed by atoms with van der Waals surface area (Å²) in [6.07, 6.45) is 7.42. The monoisotopic (exact) mass is 498 g/mol. The molecule has 1 aliphatic rings. The minimum Gasteiger partial charge on any atom is -0.397 e. The standard InChI is InChI=1S/C28H30N6O3/c1-3-7-25-24(27(36)33(21-8-6-9-21)28-29-17-31-34(25)28)16-19-12-14-20(15-13-19)22-10-4-5-11-23(22)26(30-18-35)32-37-2/h4-5,10-15,17-18,21H,3,6-9,16H2,1-2H3,(H,30,32,35). The number of aryl methyl sites for hydroxylation is 1. The maximum atomic E-state index is 13.8. The van der Waals surface area contributed by atoms with Crippen LogP contribution in [0.4, 0.5) is 0 Å². The first-order valence-electron chi connectivity index (χ1n) is 12.6. The fraction of sp³-hybridized carbons (Fsp3) is 0.321. The summed E-state index contributed by atoms with van der Waals surface area (Å²) in [5, 5.41) is 11.1. The van der Waals surface area contributed by atoms with E-state index < -0.39 is 0 Å². The summed E-state index contributed by atoms with van der Waals surface area (Å²) in [4.78, 5) is 34.2. The number of amidine groups is 1. The van der Waals surface area contributed by atoms with Crippen LogP contribution in [0.2, 0.25) is 0 Å². The molecular formula is C28H30N6O3. The highest BCUT2D eigenvalue weighted by atomic mass is 16.6. The van der Waals surface area contributed by atoms with Gasteiger partial charge in [0, 0.05) is 23.6 Å². The maximum Gasteiger partial charge on any atom is 0.259 e. The average molecular weight is 499 g/mol. The van der Waals surface area contributed by atoms with Crippen LogP contribution in [-0.2, 0) is 22.5 Å². The summed E-state index contributed by atoms with van der Waals surface area (Å²) < 4.78 is 3.71. The Morgan fingerprint density at radius 2 is 1.97 bits per heavy atom. The molecule has 1 saturated carbocycles. The molecule has 0 unspecified atom stereocenters. The van der Waals surface area contributed by atoms with Crippen molar-refractivity contribution >= 4 is 18.0 Å². The molecule has 0 saturated heterocycles. The van der Waals surface area contributed by atoms with E-state index in [1.807, 2.05) is 57.6 Å². The van der Waals surface area contributed by atoms with E-state index in [1.165, 1.54) is 7.11 Å². The highest BCUT2D eigenvalue weighted by Crippen LogP contribution is 2.32. The van der Waals surface area contributed by atoms with Gasteiger partial charge in [-0.2, -0.15) is 10.1 Å². The van der Waals surface area contributed by atoms with Crippen molar-refractivity contribution in [2.24, 2.45) is 5.16 Å². The van der Waals surface area contributed by atoms with Crippen molar-refractivity contribution in [2.45, 2.75) is 51.5 Å². The predicted molar refractivity (Wildman–Crippen MR) is 142 cm³/mol. The highest BCUT2D eigenvalue weighted by Gasteiger charge is 2.27. The average Bonchev–Trinajstić information content (AvgIpc) is 3.37. The van der Waals surface area contributed by atoms with E-state index >= 15 is 0 Å². The Balaban J connectivity index is 1.53. The normalized spacial score (nSPS) is 13.9. The summed E-state index contributed by atoms with van der Waals surface area (Å²) in [5.74, 6) is 0.977. The summed E-state index contributed by atoms with van der Waals surface area (Å²) >= 11 is 0. The van der Waals surface area contributed by atoms with Gasteiger partial charge in [-0.15, -0.1) is 0 Å². The van der Waals surface area contributed by atoms with Crippen molar-refractivity contribution in [1.82, 2.24) is 24.5 Å². The molecule has 0 aliphatic heterocycles. The molecule has 0 bridgehead atoms. The van der Waals surface area contributed by atoms with E-state index in [-0.39, 0.29) is 11.6 Å². The first-order valence-corrected chi connectivity index (χ1v) is 12.6. The molecule has 2 aromatic heterocycles. The summed E-state index contributed by atoms with van der Waals surface area (Å²) in [6, 6.07) is 16.0. The third-order valence-corrected chi connectivity index (χ3v) is 6.96. The van der Waals surface area contributed by atoms with Crippen LogP contribution >= 0.6 is 0 Å². The Labute approximate surface area is 214 Å². The van der Waals surface area contributed by atoms with Gasteiger partial charge in [0.2, 0.25) is 12.2 Å². The molecule has 0 radical (unpaired) electrons. The van der Waals surface area contributed by atoms with Crippen LogP contribution in [0.5, 0.6) is 0 Å². The summed E-state index contributed by atoms with van der Waals surface area (Å²) in [7, 11) is 1.44. The van der Waals surface area contributed by atoms with E-state index in [0.29, 0.717) is 24.4 Å². The van der Waals surface area contributed by atoms with Gasteiger partial charge in [0.05, 0.1) is 5.69 Å². The number of nitrogens with zero attached hydrogens (tertiary/aromatic N) is 5. The molecular weight excluding hydrogens is 468 g/mol. The molecule has 190 valence electrons. The van der Waals surface area contributed by atoms with Crippen LogP contribution in [0.25, 0.3) is 16.9 Å². The van der Waals surface area contributed by atoms with Gasteiger partial charge in [-0.1, -0.05) is 67.0 Å². The lowest BCUT2D eigenvalue weighted by Gasteiger charge is -2.29. The van der Waals surface area contributed by atoms with Gasteiger partial charge in [0.25, 0.3) is 5.56 Å². The third-order valence-electron chi connectivity index (χ3n) is 6.96. The maximum absolute atomic E-state index is 13.8. The number of aromatic nitrogens is 4. The number of carbonyl (C=O) groups is 1. The Morgan fingerprint density at radius 3 is 2.65 bits per heavy atom. The zero-order chi connectivity index (χ0) is 25.8. The van der Waals surface area contributed by atoms with Crippen molar-refractivity contribution in [3.63, 3.8) is 0 Å². The van der Waals surface area contributed by atoms with Gasteiger partial charge in [-0.05, 0) is 42.4 Å².